The highest BCUT2D eigenvalue weighted by atomic mass is 32.1. The molecule has 0 saturated carbocycles. The predicted molar refractivity (Wildman–Crippen MR) is 172 cm³/mol. The van der Waals surface area contributed by atoms with Gasteiger partial charge in [-0.05, 0) is 30.3 Å². The second-order valence-electron chi connectivity index (χ2n) is 11.4. The number of carboxylic acid groups (broad SMARTS) is 1. The van der Waals surface area contributed by atoms with E-state index in [4.69, 9.17) is 15.7 Å². The minimum atomic E-state index is -5.48. The maximum Gasteiger partial charge on any atom is 0.491 e. The molecule has 3 aromatic carbocycles. The molecule has 0 fully saturated rings. The smallest absolute Gasteiger partial charge is 0.478 e. The molecule has 0 amide bonds. The number of thiazole rings is 1. The van der Waals surface area contributed by atoms with Crippen LogP contribution in [0.4, 0.5) is 22.0 Å². The van der Waals surface area contributed by atoms with Crippen molar-refractivity contribution in [3.05, 3.63) is 111 Å². The van der Waals surface area contributed by atoms with Crippen LogP contribution in [0, 0.1) is 23.0 Å². The highest BCUT2D eigenvalue weighted by Gasteiger charge is 2.46. The first-order valence-corrected chi connectivity index (χ1v) is 16.1. The molecule has 0 spiro atoms. The lowest BCUT2D eigenvalue weighted by molar-refractivity contribution is -0.693. The summed E-state index contributed by atoms with van der Waals surface area (Å²) in [4.78, 5) is 40.2. The number of hydrogen-bond donors (Lipinski definition) is 3. The van der Waals surface area contributed by atoms with Crippen LogP contribution < -0.4 is 19.8 Å². The quantitative estimate of drug-likeness (QED) is 0.0714. The molecule has 5 rings (SSSR count). The molecule has 0 aliphatic heterocycles. The molecule has 2 unspecified atom stereocenters. The van der Waals surface area contributed by atoms with E-state index in [9.17, 15) is 42.2 Å². The fourth-order valence-electron chi connectivity index (χ4n) is 5.20. The van der Waals surface area contributed by atoms with E-state index < -0.39 is 84.0 Å². The number of aromatic nitrogens is 4. The van der Waals surface area contributed by atoms with Crippen molar-refractivity contribution in [2.45, 2.75) is 37.7 Å². The van der Waals surface area contributed by atoms with E-state index in [1.165, 1.54) is 19.1 Å². The minimum Gasteiger partial charge on any atom is -0.478 e. The Morgan fingerprint density at radius 2 is 1.79 bits per heavy atom. The van der Waals surface area contributed by atoms with Crippen molar-refractivity contribution in [3.8, 4) is 29.1 Å². The standard InChI is InChI=1S/C34H25F5N6O7S/c1-18(29-42-27(15-53-29)20-4-2-19(12-40)3-5-20)33(50,25-9-7-22(35)10-26(25)36)16-45-17-44(32(43-45)52-31(49)34(37,38)39)14-21-6-8-23(51-28(46)13-41)11-24(21)30(47)48/h2-11,15,17-18,50H,13-14,16,41H2,1H3/p+1. The van der Waals surface area contributed by atoms with Crippen molar-refractivity contribution >= 4 is 29.2 Å². The molecule has 0 aliphatic carbocycles. The van der Waals surface area contributed by atoms with Gasteiger partial charge < -0.3 is 25.4 Å². The largest absolute Gasteiger partial charge is 0.491 e. The second-order valence-corrected chi connectivity index (χ2v) is 12.3. The molecule has 0 bridgehead atoms. The lowest BCUT2D eigenvalue weighted by atomic mass is 9.82. The first-order chi connectivity index (χ1) is 25.0. The van der Waals surface area contributed by atoms with Crippen molar-refractivity contribution in [3.63, 3.8) is 0 Å². The third kappa shape index (κ3) is 8.52. The van der Waals surface area contributed by atoms with Crippen LogP contribution in [-0.4, -0.2) is 55.6 Å². The number of aliphatic hydroxyl groups is 1. The molecular formula is C34H26F5N6O7S+. The number of carbonyl (C=O) groups excluding carboxylic acids is 2. The van der Waals surface area contributed by atoms with E-state index in [1.54, 1.807) is 29.6 Å². The van der Waals surface area contributed by atoms with Gasteiger partial charge in [0, 0.05) is 34.1 Å². The number of ether oxygens (including phenoxy) is 2. The van der Waals surface area contributed by atoms with Gasteiger partial charge >= 0.3 is 30.1 Å². The van der Waals surface area contributed by atoms with Crippen molar-refractivity contribution < 1.29 is 60.6 Å². The fourth-order valence-corrected chi connectivity index (χ4v) is 6.17. The molecule has 4 N–H and O–H groups in total. The SMILES string of the molecule is CC(c1nc(-c2ccc(C#N)cc2)cs1)C(O)(Cn1c[n+](Cc2ccc(OC(=O)CN)cc2C(=O)O)c(OC(=O)C(F)(F)F)n1)c1ccc(F)cc1F. The van der Waals surface area contributed by atoms with Gasteiger partial charge in [0.25, 0.3) is 0 Å². The van der Waals surface area contributed by atoms with Gasteiger partial charge in [-0.15, -0.1) is 16.0 Å². The number of benzene rings is 3. The number of halogens is 5. The molecule has 19 heteroatoms. The summed E-state index contributed by atoms with van der Waals surface area (Å²) in [5, 5.41) is 37.1. The van der Waals surface area contributed by atoms with Crippen LogP contribution in [0.2, 0.25) is 0 Å². The van der Waals surface area contributed by atoms with Crippen LogP contribution >= 0.6 is 11.3 Å². The van der Waals surface area contributed by atoms with E-state index in [-0.39, 0.29) is 16.3 Å². The van der Waals surface area contributed by atoms with Crippen LogP contribution in [0.3, 0.4) is 0 Å². The Morgan fingerprint density at radius 1 is 1.08 bits per heavy atom. The van der Waals surface area contributed by atoms with Gasteiger partial charge in [-0.2, -0.15) is 23.0 Å². The third-order valence-electron chi connectivity index (χ3n) is 7.92. The Kier molecular flexibility index (Phi) is 11.0. The molecule has 0 aliphatic rings. The predicted octanol–water partition coefficient (Wildman–Crippen LogP) is 4.21. The van der Waals surface area contributed by atoms with Gasteiger partial charge in [0.05, 0.1) is 39.5 Å². The zero-order chi connectivity index (χ0) is 38.7. The van der Waals surface area contributed by atoms with Gasteiger partial charge in [-0.3, -0.25) is 4.79 Å². The number of hydrogen-bond acceptors (Lipinski definition) is 11. The lowest BCUT2D eigenvalue weighted by Gasteiger charge is -2.32. The van der Waals surface area contributed by atoms with E-state index in [0.717, 1.165) is 45.1 Å². The second kappa shape index (κ2) is 15.2. The van der Waals surface area contributed by atoms with E-state index in [1.807, 2.05) is 6.07 Å². The number of nitrogens with two attached hydrogens (primary N) is 1. The van der Waals surface area contributed by atoms with Crippen molar-refractivity contribution in [2.75, 3.05) is 6.54 Å². The summed E-state index contributed by atoms with van der Waals surface area (Å²) in [5.41, 5.74) is 3.36. The number of nitrogens with zero attached hydrogens (tertiary/aromatic N) is 5. The van der Waals surface area contributed by atoms with Crippen LogP contribution in [0.25, 0.3) is 11.3 Å². The summed E-state index contributed by atoms with van der Waals surface area (Å²) in [7, 11) is 0. The molecule has 53 heavy (non-hydrogen) atoms. The number of carboxylic acids is 1. The number of carbonyl (C=O) groups is 3. The van der Waals surface area contributed by atoms with Gasteiger partial charge in [0.1, 0.15) is 36.1 Å². The van der Waals surface area contributed by atoms with Gasteiger partial charge in [0.2, 0.25) is 6.33 Å². The van der Waals surface area contributed by atoms with Crippen LogP contribution in [0.5, 0.6) is 11.8 Å². The molecule has 2 aromatic heterocycles. The van der Waals surface area contributed by atoms with Crippen molar-refractivity contribution in [1.82, 2.24) is 14.8 Å². The lowest BCUT2D eigenvalue weighted by Crippen LogP contribution is -2.40. The summed E-state index contributed by atoms with van der Waals surface area (Å²) >= 11 is 1.08. The highest BCUT2D eigenvalue weighted by Crippen LogP contribution is 2.41. The normalized spacial score (nSPS) is 13.1. The summed E-state index contributed by atoms with van der Waals surface area (Å²) < 4.78 is 80.5. The maximum absolute atomic E-state index is 15.4. The van der Waals surface area contributed by atoms with Crippen LogP contribution in [0.1, 0.15) is 44.9 Å². The molecule has 2 heterocycles. The summed E-state index contributed by atoms with van der Waals surface area (Å²) in [6.07, 6.45) is -4.50. The summed E-state index contributed by atoms with van der Waals surface area (Å²) in [6.45, 7) is -0.371. The topological polar surface area (TPSA) is 195 Å². The summed E-state index contributed by atoms with van der Waals surface area (Å²) in [6, 6.07) is 13.2. The highest BCUT2D eigenvalue weighted by molar-refractivity contribution is 7.10. The average Bonchev–Trinajstić information content (AvgIpc) is 3.75. The molecule has 0 radical (unpaired) electrons. The number of aromatic carboxylic acids is 1. The molecule has 5 aromatic rings. The molecule has 0 saturated heterocycles. The van der Waals surface area contributed by atoms with Crippen molar-refractivity contribution in [1.29, 1.82) is 5.26 Å². The molecule has 2 atom stereocenters. The zero-order valence-corrected chi connectivity index (χ0v) is 28.0. The number of alkyl halides is 3. The zero-order valence-electron chi connectivity index (χ0n) is 27.2. The van der Waals surface area contributed by atoms with Crippen LogP contribution in [0.15, 0.2) is 72.4 Å². The monoisotopic (exact) mass is 757 g/mol. The number of esters is 2. The molecular weight excluding hydrogens is 731 g/mol. The van der Waals surface area contributed by atoms with E-state index in [0.29, 0.717) is 22.9 Å². The van der Waals surface area contributed by atoms with Gasteiger partial charge in [-0.25, -0.2) is 23.4 Å². The average molecular weight is 758 g/mol. The first kappa shape index (κ1) is 38.1. The Morgan fingerprint density at radius 3 is 2.42 bits per heavy atom. The number of nitriles is 1. The Labute approximate surface area is 299 Å². The van der Waals surface area contributed by atoms with E-state index >= 15 is 4.39 Å². The van der Waals surface area contributed by atoms with E-state index in [2.05, 4.69) is 14.8 Å². The Hall–Kier alpha value is -6.10. The first-order valence-electron chi connectivity index (χ1n) is 15.2. The maximum atomic E-state index is 15.4. The molecule has 13 nitrogen and oxygen atoms in total. The summed E-state index contributed by atoms with van der Waals surface area (Å²) in [5.74, 6) is -8.52. The minimum absolute atomic E-state index is 0.0785. The molecule has 274 valence electrons. The van der Waals surface area contributed by atoms with Gasteiger partial charge in [-0.1, -0.05) is 31.2 Å². The number of rotatable bonds is 12. The fraction of sp³-hybridized carbons (Fsp3) is 0.206. The Bertz CT molecular complexity index is 2240. The van der Waals surface area contributed by atoms with Gasteiger partial charge in [0.15, 0.2) is 0 Å². The van der Waals surface area contributed by atoms with Crippen molar-refractivity contribution in [2.24, 2.45) is 5.73 Å². The third-order valence-corrected chi connectivity index (χ3v) is 8.95. The van der Waals surface area contributed by atoms with Crippen LogP contribution in [-0.2, 0) is 28.3 Å². The Balaban J connectivity index is 1.57.